The molecule has 2 N–H and O–H groups in total. The van der Waals surface area contributed by atoms with Crippen LogP contribution in [-0.4, -0.2) is 41.6 Å². The Bertz CT molecular complexity index is 487. The zero-order valence-electron chi connectivity index (χ0n) is 11.2. The van der Waals surface area contributed by atoms with Gasteiger partial charge in [0.15, 0.2) is 0 Å². The van der Waals surface area contributed by atoms with Crippen molar-refractivity contribution in [1.29, 1.82) is 0 Å². The number of aliphatic carboxylic acids is 1. The summed E-state index contributed by atoms with van der Waals surface area (Å²) in [6.45, 7) is 2.12. The lowest BCUT2D eigenvalue weighted by Gasteiger charge is -2.18. The van der Waals surface area contributed by atoms with Crippen LogP contribution in [0, 0.1) is 0 Å². The number of nitrogens with one attached hydrogen (secondary N) is 1. The number of carboxylic acids is 1. The maximum atomic E-state index is 11.7. The largest absolute Gasteiger partial charge is 0.481 e. The van der Waals surface area contributed by atoms with E-state index in [9.17, 15) is 9.59 Å². The fraction of sp³-hybridized carbons (Fsp3) is 0.429. The third kappa shape index (κ3) is 4.45. The van der Waals surface area contributed by atoms with Crippen molar-refractivity contribution in [2.75, 3.05) is 34.8 Å². The lowest BCUT2D eigenvalue weighted by atomic mass is 10.2. The van der Waals surface area contributed by atoms with Crippen LogP contribution in [-0.2, 0) is 9.59 Å². The maximum absolute atomic E-state index is 11.7. The molecule has 108 valence electrons. The molecule has 1 fully saturated rings. The summed E-state index contributed by atoms with van der Waals surface area (Å²) in [5, 5.41) is 11.3. The number of rotatable bonds is 6. The van der Waals surface area contributed by atoms with Gasteiger partial charge in [0.25, 0.3) is 0 Å². The van der Waals surface area contributed by atoms with Gasteiger partial charge < -0.3 is 15.3 Å². The van der Waals surface area contributed by atoms with Gasteiger partial charge in [-0.15, -0.1) is 11.8 Å². The normalized spacial score (nSPS) is 14.3. The van der Waals surface area contributed by atoms with Crippen molar-refractivity contribution in [3.8, 4) is 0 Å². The first-order valence-corrected chi connectivity index (χ1v) is 7.75. The number of hydrogen-bond donors (Lipinski definition) is 2. The lowest BCUT2D eigenvalue weighted by Crippen LogP contribution is -2.19. The number of benzene rings is 1. The molecule has 5 nitrogen and oxygen atoms in total. The van der Waals surface area contributed by atoms with Gasteiger partial charge in [-0.3, -0.25) is 9.59 Å². The third-order valence-corrected chi connectivity index (χ3v) is 3.98. The number of nitrogens with zero attached hydrogens (tertiary/aromatic N) is 1. The topological polar surface area (TPSA) is 69.6 Å². The van der Waals surface area contributed by atoms with Crippen molar-refractivity contribution in [3.63, 3.8) is 0 Å². The highest BCUT2D eigenvalue weighted by atomic mass is 32.2. The van der Waals surface area contributed by atoms with Crippen molar-refractivity contribution in [2.24, 2.45) is 0 Å². The fourth-order valence-electron chi connectivity index (χ4n) is 2.18. The highest BCUT2D eigenvalue weighted by Crippen LogP contribution is 2.23. The fourth-order valence-corrected chi connectivity index (χ4v) is 2.72. The van der Waals surface area contributed by atoms with E-state index in [0.29, 0.717) is 0 Å². The lowest BCUT2D eigenvalue weighted by molar-refractivity contribution is -0.133. The molecule has 0 radical (unpaired) electrons. The summed E-state index contributed by atoms with van der Waals surface area (Å²) >= 11 is 1.10. The molecule has 0 spiro atoms. The van der Waals surface area contributed by atoms with Gasteiger partial charge in [-0.05, 0) is 31.0 Å². The molecular formula is C14H18N2O3S. The second kappa shape index (κ2) is 7.19. The average Bonchev–Trinajstić information content (AvgIpc) is 2.92. The summed E-state index contributed by atoms with van der Waals surface area (Å²) in [4.78, 5) is 24.4. The molecule has 1 aliphatic rings. The molecule has 1 amide bonds. The van der Waals surface area contributed by atoms with Gasteiger partial charge in [0, 0.05) is 24.5 Å². The summed E-state index contributed by atoms with van der Waals surface area (Å²) in [5.41, 5.74) is 1.88. The van der Waals surface area contributed by atoms with E-state index in [1.807, 2.05) is 24.3 Å². The number of anilines is 2. The number of hydrogen-bond acceptors (Lipinski definition) is 4. The Hall–Kier alpha value is -1.69. The Labute approximate surface area is 122 Å². The van der Waals surface area contributed by atoms with E-state index in [0.717, 1.165) is 36.2 Å². The Morgan fingerprint density at radius 1 is 1.25 bits per heavy atom. The Morgan fingerprint density at radius 3 is 2.70 bits per heavy atom. The summed E-state index contributed by atoms with van der Waals surface area (Å²) in [6, 6.07) is 7.78. The number of thioether (sulfide) groups is 1. The van der Waals surface area contributed by atoms with Crippen LogP contribution in [0.15, 0.2) is 24.3 Å². The van der Waals surface area contributed by atoms with Crippen molar-refractivity contribution >= 4 is 35.0 Å². The van der Waals surface area contributed by atoms with Gasteiger partial charge in [0.05, 0.1) is 11.5 Å². The van der Waals surface area contributed by atoms with Gasteiger partial charge in [0.2, 0.25) is 5.91 Å². The van der Waals surface area contributed by atoms with Crippen LogP contribution in [0.1, 0.15) is 12.8 Å². The minimum atomic E-state index is -0.904. The quantitative estimate of drug-likeness (QED) is 0.840. The van der Waals surface area contributed by atoms with Crippen LogP contribution in [0.2, 0.25) is 0 Å². The molecule has 1 aromatic rings. The molecule has 0 aromatic heterocycles. The maximum Gasteiger partial charge on any atom is 0.313 e. The summed E-state index contributed by atoms with van der Waals surface area (Å²) < 4.78 is 0. The first-order chi connectivity index (χ1) is 9.65. The predicted octanol–water partition coefficient (Wildman–Crippen LogP) is 2.04. The second-order valence-electron chi connectivity index (χ2n) is 4.68. The number of carbonyl (C=O) groups excluding carboxylic acids is 1. The van der Waals surface area contributed by atoms with Crippen LogP contribution < -0.4 is 10.2 Å². The molecule has 2 rings (SSSR count). The predicted molar refractivity (Wildman–Crippen MR) is 81.5 cm³/mol. The minimum Gasteiger partial charge on any atom is -0.481 e. The number of carbonyl (C=O) groups is 2. The van der Waals surface area contributed by atoms with Gasteiger partial charge >= 0.3 is 5.97 Å². The molecular weight excluding hydrogens is 276 g/mol. The Balaban J connectivity index is 1.87. The van der Waals surface area contributed by atoms with E-state index in [-0.39, 0.29) is 17.4 Å². The van der Waals surface area contributed by atoms with Crippen molar-refractivity contribution < 1.29 is 14.7 Å². The van der Waals surface area contributed by atoms with Crippen LogP contribution in [0.4, 0.5) is 11.4 Å². The minimum absolute atomic E-state index is 0.0543. The summed E-state index contributed by atoms with van der Waals surface area (Å²) in [6.07, 6.45) is 2.42. The Kier molecular flexibility index (Phi) is 5.29. The second-order valence-corrected chi connectivity index (χ2v) is 5.66. The molecule has 1 aromatic carbocycles. The first kappa shape index (κ1) is 14.7. The van der Waals surface area contributed by atoms with Crippen LogP contribution >= 0.6 is 11.8 Å². The van der Waals surface area contributed by atoms with Crippen molar-refractivity contribution in [3.05, 3.63) is 24.3 Å². The van der Waals surface area contributed by atoms with E-state index in [1.54, 1.807) is 0 Å². The van der Waals surface area contributed by atoms with Crippen molar-refractivity contribution in [2.45, 2.75) is 12.8 Å². The smallest absolute Gasteiger partial charge is 0.313 e. The standard InChI is InChI=1S/C14H18N2O3S/c17-13(9-20-10-14(18)19)15-11-4-3-5-12(8-11)16-6-1-2-7-16/h3-5,8H,1-2,6-7,9-10H2,(H,15,17)(H,18,19). The molecule has 20 heavy (non-hydrogen) atoms. The molecule has 0 saturated carbocycles. The van der Waals surface area contributed by atoms with Gasteiger partial charge in [-0.25, -0.2) is 0 Å². The highest BCUT2D eigenvalue weighted by molar-refractivity contribution is 8.00. The highest BCUT2D eigenvalue weighted by Gasteiger charge is 2.13. The number of carboxylic acid groups (broad SMARTS) is 1. The van der Waals surface area contributed by atoms with Gasteiger partial charge in [0.1, 0.15) is 0 Å². The molecule has 0 atom stereocenters. The molecule has 0 unspecified atom stereocenters. The molecule has 1 heterocycles. The van der Waals surface area contributed by atoms with Gasteiger partial charge in [-0.2, -0.15) is 0 Å². The van der Waals surface area contributed by atoms with Crippen molar-refractivity contribution in [1.82, 2.24) is 0 Å². The molecule has 0 aliphatic carbocycles. The first-order valence-electron chi connectivity index (χ1n) is 6.59. The Morgan fingerprint density at radius 2 is 2.00 bits per heavy atom. The van der Waals surface area contributed by atoms with Crippen LogP contribution in [0.3, 0.4) is 0 Å². The zero-order valence-corrected chi connectivity index (χ0v) is 12.0. The monoisotopic (exact) mass is 294 g/mol. The zero-order chi connectivity index (χ0) is 14.4. The molecule has 0 bridgehead atoms. The summed E-state index contributed by atoms with van der Waals surface area (Å²) in [5.74, 6) is -0.977. The summed E-state index contributed by atoms with van der Waals surface area (Å²) in [7, 11) is 0. The molecule has 1 aliphatic heterocycles. The van der Waals surface area contributed by atoms with Crippen LogP contribution in [0.25, 0.3) is 0 Å². The molecule has 1 saturated heterocycles. The van der Waals surface area contributed by atoms with E-state index < -0.39 is 5.97 Å². The third-order valence-electron chi connectivity index (χ3n) is 3.06. The van der Waals surface area contributed by atoms with E-state index in [4.69, 9.17) is 5.11 Å². The van der Waals surface area contributed by atoms with Gasteiger partial charge in [-0.1, -0.05) is 6.07 Å². The van der Waals surface area contributed by atoms with E-state index in [2.05, 4.69) is 10.2 Å². The average molecular weight is 294 g/mol. The SMILES string of the molecule is O=C(O)CSCC(=O)Nc1cccc(N2CCCC2)c1. The van der Waals surface area contributed by atoms with Crippen LogP contribution in [0.5, 0.6) is 0 Å². The van der Waals surface area contributed by atoms with E-state index in [1.165, 1.54) is 12.8 Å². The number of amides is 1. The van der Waals surface area contributed by atoms with E-state index >= 15 is 0 Å². The molecule has 6 heteroatoms.